The van der Waals surface area contributed by atoms with E-state index in [9.17, 15) is 14.3 Å². The van der Waals surface area contributed by atoms with Crippen molar-refractivity contribution in [3.8, 4) is 0 Å². The molecule has 2 aliphatic heterocycles. The molecule has 6 nitrogen and oxygen atoms in total. The normalized spacial score (nSPS) is 23.7. The molecule has 2 saturated heterocycles. The van der Waals surface area contributed by atoms with Crippen molar-refractivity contribution in [3.63, 3.8) is 0 Å². The summed E-state index contributed by atoms with van der Waals surface area (Å²) in [5.74, 6) is 0.306. The predicted octanol–water partition coefficient (Wildman–Crippen LogP) is 2.22. The summed E-state index contributed by atoms with van der Waals surface area (Å²) < 4.78 is 19.2. The van der Waals surface area contributed by atoms with Gasteiger partial charge in [-0.05, 0) is 36.8 Å². The first-order chi connectivity index (χ1) is 14.1. The van der Waals surface area contributed by atoms with Gasteiger partial charge in [-0.1, -0.05) is 12.1 Å². The van der Waals surface area contributed by atoms with Crippen LogP contribution in [-0.2, 0) is 4.79 Å². The summed E-state index contributed by atoms with van der Waals surface area (Å²) >= 11 is 0. The fourth-order valence-corrected chi connectivity index (χ4v) is 4.19. The summed E-state index contributed by atoms with van der Waals surface area (Å²) in [6.45, 7) is 3.90. The average Bonchev–Trinajstić information content (AvgIpc) is 3.26. The minimum Gasteiger partial charge on any atom is -0.465 e. The molecule has 2 aromatic rings. The Hall–Kier alpha value is -2.64. The van der Waals surface area contributed by atoms with Crippen LogP contribution in [0, 0.1) is 5.82 Å². The van der Waals surface area contributed by atoms with Gasteiger partial charge >= 0.3 is 0 Å². The molecule has 2 atom stereocenters. The molecule has 3 heterocycles. The third-order valence-electron chi connectivity index (χ3n) is 5.77. The number of carbonyl (C=O) groups is 1. The Morgan fingerprint density at radius 3 is 2.59 bits per heavy atom. The lowest BCUT2D eigenvalue weighted by molar-refractivity contribution is -0.131. The standard InChI is InChI=1S/C22H26FN3O3/c23-18-5-1-2-6-19(18)24-11-13-25(14-12-24)20-9-10-26(16-21(20)27)22(28)8-7-17-4-3-15-29-17/h1-8,15,20-21,27H,9-14,16H2/t20-,21-/m1/s1. The monoisotopic (exact) mass is 399 g/mol. The van der Waals surface area contributed by atoms with E-state index in [0.29, 0.717) is 24.5 Å². The zero-order valence-electron chi connectivity index (χ0n) is 16.3. The Bertz CT molecular complexity index is 847. The van der Waals surface area contributed by atoms with Crippen LogP contribution in [0.1, 0.15) is 12.2 Å². The van der Waals surface area contributed by atoms with Crippen molar-refractivity contribution >= 4 is 17.7 Å². The van der Waals surface area contributed by atoms with Crippen molar-refractivity contribution in [3.05, 3.63) is 60.3 Å². The maximum atomic E-state index is 14.0. The molecule has 0 radical (unpaired) electrons. The number of piperazine rings is 1. The zero-order valence-corrected chi connectivity index (χ0v) is 16.3. The molecule has 4 rings (SSSR count). The Kier molecular flexibility index (Phi) is 5.97. The van der Waals surface area contributed by atoms with Crippen LogP contribution in [0.4, 0.5) is 10.1 Å². The molecular weight excluding hydrogens is 373 g/mol. The van der Waals surface area contributed by atoms with E-state index in [1.165, 1.54) is 12.1 Å². The molecule has 154 valence electrons. The lowest BCUT2D eigenvalue weighted by atomic mass is 9.99. The molecule has 0 saturated carbocycles. The van der Waals surface area contributed by atoms with Gasteiger partial charge in [0.2, 0.25) is 5.91 Å². The second-order valence-electron chi connectivity index (χ2n) is 7.53. The molecule has 0 spiro atoms. The maximum absolute atomic E-state index is 14.0. The quantitative estimate of drug-likeness (QED) is 0.799. The number of piperidine rings is 1. The third-order valence-corrected chi connectivity index (χ3v) is 5.77. The first kappa shape index (κ1) is 19.7. The van der Waals surface area contributed by atoms with E-state index in [4.69, 9.17) is 4.42 Å². The van der Waals surface area contributed by atoms with Gasteiger partial charge in [0.05, 0.1) is 18.1 Å². The largest absolute Gasteiger partial charge is 0.465 e. The Morgan fingerprint density at radius 2 is 1.90 bits per heavy atom. The minimum atomic E-state index is -0.593. The number of hydrogen-bond donors (Lipinski definition) is 1. The van der Waals surface area contributed by atoms with Crippen molar-refractivity contribution in [1.29, 1.82) is 0 Å². The van der Waals surface area contributed by atoms with E-state index in [1.807, 2.05) is 6.07 Å². The lowest BCUT2D eigenvalue weighted by Gasteiger charge is -2.45. The van der Waals surface area contributed by atoms with Crippen molar-refractivity contribution in [2.45, 2.75) is 18.6 Å². The van der Waals surface area contributed by atoms with Crippen LogP contribution in [0.25, 0.3) is 6.08 Å². The highest BCUT2D eigenvalue weighted by Crippen LogP contribution is 2.23. The number of likely N-dealkylation sites (tertiary alicyclic amines) is 1. The zero-order chi connectivity index (χ0) is 20.2. The van der Waals surface area contributed by atoms with E-state index in [1.54, 1.807) is 41.5 Å². The van der Waals surface area contributed by atoms with Crippen molar-refractivity contribution in [1.82, 2.24) is 9.80 Å². The van der Waals surface area contributed by atoms with Crippen LogP contribution >= 0.6 is 0 Å². The Balaban J connectivity index is 1.29. The van der Waals surface area contributed by atoms with E-state index < -0.39 is 6.10 Å². The van der Waals surface area contributed by atoms with Gasteiger partial charge in [0.25, 0.3) is 0 Å². The number of furan rings is 1. The molecule has 0 bridgehead atoms. The SMILES string of the molecule is O=C(C=Cc1ccco1)N1CC[C@@H](N2CCN(c3ccccc3F)CC2)[C@H](O)C1. The molecule has 1 amide bonds. The average molecular weight is 399 g/mol. The highest BCUT2D eigenvalue weighted by molar-refractivity contribution is 5.91. The maximum Gasteiger partial charge on any atom is 0.246 e. The number of aliphatic hydroxyl groups is 1. The summed E-state index contributed by atoms with van der Waals surface area (Å²) in [4.78, 5) is 18.4. The van der Waals surface area contributed by atoms with E-state index in [-0.39, 0.29) is 17.8 Å². The molecule has 0 aliphatic carbocycles. The van der Waals surface area contributed by atoms with Crippen LogP contribution in [0.15, 0.2) is 53.2 Å². The summed E-state index contributed by atoms with van der Waals surface area (Å²) in [5.41, 5.74) is 0.636. The number of hydrogen-bond acceptors (Lipinski definition) is 5. The number of para-hydroxylation sites is 1. The van der Waals surface area contributed by atoms with Crippen molar-refractivity contribution < 1.29 is 18.7 Å². The van der Waals surface area contributed by atoms with Gasteiger partial charge in [-0.3, -0.25) is 9.69 Å². The molecule has 29 heavy (non-hydrogen) atoms. The highest BCUT2D eigenvalue weighted by atomic mass is 19.1. The molecule has 1 aromatic carbocycles. The van der Waals surface area contributed by atoms with Gasteiger partial charge in [-0.2, -0.15) is 0 Å². The molecular formula is C22H26FN3O3. The van der Waals surface area contributed by atoms with Gasteiger partial charge in [0.1, 0.15) is 11.6 Å². The number of amides is 1. The van der Waals surface area contributed by atoms with Gasteiger partial charge in [0.15, 0.2) is 0 Å². The van der Waals surface area contributed by atoms with Crippen molar-refractivity contribution in [2.75, 3.05) is 44.2 Å². The molecule has 1 aromatic heterocycles. The van der Waals surface area contributed by atoms with Gasteiger partial charge in [-0.25, -0.2) is 4.39 Å². The van der Waals surface area contributed by atoms with Crippen molar-refractivity contribution in [2.24, 2.45) is 0 Å². The van der Waals surface area contributed by atoms with Crippen LogP contribution in [0.5, 0.6) is 0 Å². The third kappa shape index (κ3) is 4.52. The molecule has 2 aliphatic rings. The number of carbonyl (C=O) groups excluding carboxylic acids is 1. The number of β-amino-alcohol motifs (C(OH)–C–C–N with tert-alkyl or cyclic N) is 1. The molecule has 7 heteroatoms. The molecule has 1 N–H and O–H groups in total. The van der Waals surface area contributed by atoms with Crippen LogP contribution < -0.4 is 4.90 Å². The van der Waals surface area contributed by atoms with E-state index in [2.05, 4.69) is 9.80 Å². The fraction of sp³-hybridized carbons (Fsp3) is 0.409. The van der Waals surface area contributed by atoms with Crippen LogP contribution in [0.3, 0.4) is 0 Å². The number of aliphatic hydroxyl groups excluding tert-OH is 1. The Labute approximate surface area is 169 Å². The van der Waals surface area contributed by atoms with Crippen LogP contribution in [0.2, 0.25) is 0 Å². The van der Waals surface area contributed by atoms with Crippen LogP contribution in [-0.4, -0.2) is 72.2 Å². The second kappa shape index (κ2) is 8.80. The van der Waals surface area contributed by atoms with E-state index in [0.717, 1.165) is 32.6 Å². The summed E-state index contributed by atoms with van der Waals surface area (Å²) in [6, 6.07) is 10.4. The molecule has 2 fully saturated rings. The Morgan fingerprint density at radius 1 is 1.10 bits per heavy atom. The lowest BCUT2D eigenvalue weighted by Crippen LogP contribution is -2.59. The first-order valence-electron chi connectivity index (χ1n) is 10.0. The van der Waals surface area contributed by atoms with Gasteiger partial charge in [-0.15, -0.1) is 0 Å². The number of halogens is 1. The van der Waals surface area contributed by atoms with Gasteiger partial charge < -0.3 is 19.3 Å². The number of rotatable bonds is 4. The minimum absolute atomic E-state index is 0.0240. The summed E-state index contributed by atoms with van der Waals surface area (Å²) in [5, 5.41) is 10.7. The number of nitrogens with zero attached hydrogens (tertiary/aromatic N) is 3. The van der Waals surface area contributed by atoms with E-state index >= 15 is 0 Å². The summed E-state index contributed by atoms with van der Waals surface area (Å²) in [6.07, 6.45) is 4.82. The second-order valence-corrected chi connectivity index (χ2v) is 7.53. The smallest absolute Gasteiger partial charge is 0.246 e. The summed E-state index contributed by atoms with van der Waals surface area (Å²) in [7, 11) is 0. The fourth-order valence-electron chi connectivity index (χ4n) is 4.19. The molecule has 0 unspecified atom stereocenters. The predicted molar refractivity (Wildman–Crippen MR) is 109 cm³/mol. The van der Waals surface area contributed by atoms with Gasteiger partial charge in [0, 0.05) is 51.4 Å². The first-order valence-corrected chi connectivity index (χ1v) is 10.0. The topological polar surface area (TPSA) is 60.2 Å². The number of anilines is 1. The number of benzene rings is 1. The highest BCUT2D eigenvalue weighted by Gasteiger charge is 2.35.